The van der Waals surface area contributed by atoms with Crippen LogP contribution in [0.4, 0.5) is 0 Å². The SMILES string of the molecule is CC[C@H](C(=O)N1C[C@@H](c2ccccc2)C[C@H]1CN1CCC(c2ccccc2)C1)C(C)C(N)=O. The molecule has 5 atom stereocenters. The standard InChI is InChI=1S/C28H37N3O2/c1-3-26(20(2)27(29)32)28(33)31-18-24(22-12-8-5-9-13-22)16-25(31)19-30-15-14-23(17-30)21-10-6-4-7-11-21/h4-13,20,23-26H,3,14-19H2,1-2H3,(H2,29,32)/t20?,23?,24-,25-,26-/m0/s1. The van der Waals surface area contributed by atoms with Gasteiger partial charge in [-0.3, -0.25) is 9.59 Å². The predicted molar refractivity (Wildman–Crippen MR) is 132 cm³/mol. The number of amides is 2. The molecule has 0 saturated carbocycles. The highest BCUT2D eigenvalue weighted by atomic mass is 16.2. The Morgan fingerprint density at radius 1 is 0.970 bits per heavy atom. The molecule has 2 N–H and O–H groups in total. The van der Waals surface area contributed by atoms with Gasteiger partial charge in [0.1, 0.15) is 0 Å². The van der Waals surface area contributed by atoms with E-state index in [1.165, 1.54) is 11.1 Å². The lowest BCUT2D eigenvalue weighted by Crippen LogP contribution is -2.47. The number of benzene rings is 2. The topological polar surface area (TPSA) is 66.6 Å². The first-order valence-electron chi connectivity index (χ1n) is 12.4. The molecule has 0 radical (unpaired) electrons. The van der Waals surface area contributed by atoms with Crippen LogP contribution >= 0.6 is 0 Å². The Morgan fingerprint density at radius 2 is 1.58 bits per heavy atom. The lowest BCUT2D eigenvalue weighted by Gasteiger charge is -2.32. The van der Waals surface area contributed by atoms with Crippen molar-refractivity contribution >= 4 is 11.8 Å². The summed E-state index contributed by atoms with van der Waals surface area (Å²) < 4.78 is 0. The van der Waals surface area contributed by atoms with Crippen molar-refractivity contribution in [3.8, 4) is 0 Å². The maximum Gasteiger partial charge on any atom is 0.226 e. The van der Waals surface area contributed by atoms with E-state index in [4.69, 9.17) is 5.73 Å². The molecule has 2 heterocycles. The van der Waals surface area contributed by atoms with Gasteiger partial charge in [0.2, 0.25) is 11.8 Å². The number of hydrogen-bond acceptors (Lipinski definition) is 3. The third-order valence-corrected chi connectivity index (χ3v) is 7.79. The van der Waals surface area contributed by atoms with Crippen LogP contribution in [0.1, 0.15) is 56.1 Å². The van der Waals surface area contributed by atoms with Crippen molar-refractivity contribution < 1.29 is 9.59 Å². The molecule has 2 aromatic carbocycles. The van der Waals surface area contributed by atoms with Crippen LogP contribution < -0.4 is 5.73 Å². The molecule has 2 aromatic rings. The van der Waals surface area contributed by atoms with Gasteiger partial charge in [-0.05, 0) is 42.9 Å². The molecule has 2 aliphatic heterocycles. The molecule has 2 amide bonds. The maximum atomic E-state index is 13.7. The molecular weight excluding hydrogens is 410 g/mol. The van der Waals surface area contributed by atoms with E-state index in [0.29, 0.717) is 24.8 Å². The molecule has 2 fully saturated rings. The summed E-state index contributed by atoms with van der Waals surface area (Å²) in [6.07, 6.45) is 2.74. The normalized spacial score (nSPS) is 25.2. The largest absolute Gasteiger partial charge is 0.369 e. The molecule has 33 heavy (non-hydrogen) atoms. The summed E-state index contributed by atoms with van der Waals surface area (Å²) in [4.78, 5) is 30.1. The average molecular weight is 448 g/mol. The van der Waals surface area contributed by atoms with Gasteiger partial charge in [-0.2, -0.15) is 0 Å². The number of nitrogens with zero attached hydrogens (tertiary/aromatic N) is 2. The summed E-state index contributed by atoms with van der Waals surface area (Å²) >= 11 is 0. The fourth-order valence-corrected chi connectivity index (χ4v) is 5.77. The van der Waals surface area contributed by atoms with Gasteiger partial charge in [-0.1, -0.05) is 74.5 Å². The maximum absolute atomic E-state index is 13.7. The van der Waals surface area contributed by atoms with Crippen LogP contribution in [0.15, 0.2) is 60.7 Å². The summed E-state index contributed by atoms with van der Waals surface area (Å²) in [6, 6.07) is 21.4. The Kier molecular flexibility index (Phi) is 7.49. The zero-order valence-corrected chi connectivity index (χ0v) is 19.9. The molecule has 0 aliphatic carbocycles. The third kappa shape index (κ3) is 5.30. The van der Waals surface area contributed by atoms with Crippen LogP contribution in [-0.4, -0.2) is 53.8 Å². The molecule has 2 aliphatic rings. The summed E-state index contributed by atoms with van der Waals surface area (Å²) in [5.41, 5.74) is 8.28. The highest BCUT2D eigenvalue weighted by Crippen LogP contribution is 2.36. The first-order chi connectivity index (χ1) is 16.0. The Morgan fingerprint density at radius 3 is 2.15 bits per heavy atom. The Hall–Kier alpha value is -2.66. The fraction of sp³-hybridized carbons (Fsp3) is 0.500. The quantitative estimate of drug-likeness (QED) is 0.665. The summed E-state index contributed by atoms with van der Waals surface area (Å²) in [6.45, 7) is 7.47. The van der Waals surface area contributed by atoms with Crippen molar-refractivity contribution in [2.75, 3.05) is 26.2 Å². The van der Waals surface area contributed by atoms with Crippen molar-refractivity contribution in [1.82, 2.24) is 9.80 Å². The van der Waals surface area contributed by atoms with Gasteiger partial charge in [0.25, 0.3) is 0 Å². The van der Waals surface area contributed by atoms with Crippen LogP contribution in [0.25, 0.3) is 0 Å². The van der Waals surface area contributed by atoms with Crippen LogP contribution in [0.5, 0.6) is 0 Å². The van der Waals surface area contributed by atoms with Gasteiger partial charge in [-0.25, -0.2) is 0 Å². The number of likely N-dealkylation sites (tertiary alicyclic amines) is 2. The van der Waals surface area contributed by atoms with Crippen LogP contribution in [0.3, 0.4) is 0 Å². The Labute approximate surface area is 197 Å². The first kappa shape index (κ1) is 23.5. The minimum atomic E-state index is -0.451. The van der Waals surface area contributed by atoms with E-state index in [9.17, 15) is 9.59 Å². The van der Waals surface area contributed by atoms with Crippen molar-refractivity contribution in [1.29, 1.82) is 0 Å². The second-order valence-electron chi connectivity index (χ2n) is 9.85. The monoisotopic (exact) mass is 447 g/mol. The van der Waals surface area contributed by atoms with Gasteiger partial charge < -0.3 is 15.5 Å². The zero-order chi connectivity index (χ0) is 23.4. The Balaban J connectivity index is 1.50. The smallest absolute Gasteiger partial charge is 0.226 e. The molecule has 2 unspecified atom stereocenters. The van der Waals surface area contributed by atoms with Crippen LogP contribution in [-0.2, 0) is 9.59 Å². The van der Waals surface area contributed by atoms with Gasteiger partial charge in [0.05, 0.1) is 0 Å². The van der Waals surface area contributed by atoms with Gasteiger partial charge in [0.15, 0.2) is 0 Å². The average Bonchev–Trinajstić information content (AvgIpc) is 3.48. The zero-order valence-electron chi connectivity index (χ0n) is 19.9. The number of nitrogens with two attached hydrogens (primary N) is 1. The number of primary amides is 1. The molecule has 4 rings (SSSR count). The first-order valence-corrected chi connectivity index (χ1v) is 12.4. The van der Waals surface area contributed by atoms with E-state index in [2.05, 4.69) is 64.4 Å². The van der Waals surface area contributed by atoms with Crippen molar-refractivity contribution in [3.05, 3.63) is 71.8 Å². The van der Waals surface area contributed by atoms with E-state index in [1.54, 1.807) is 6.92 Å². The summed E-state index contributed by atoms with van der Waals surface area (Å²) in [7, 11) is 0. The molecule has 0 bridgehead atoms. The number of carbonyl (C=O) groups excluding carboxylic acids is 2. The molecule has 0 spiro atoms. The predicted octanol–water partition coefficient (Wildman–Crippen LogP) is 4.01. The van der Waals surface area contributed by atoms with E-state index in [0.717, 1.165) is 32.5 Å². The van der Waals surface area contributed by atoms with Crippen LogP contribution in [0.2, 0.25) is 0 Å². The lowest BCUT2D eigenvalue weighted by molar-refractivity contribution is -0.141. The number of rotatable bonds is 8. The number of carbonyl (C=O) groups is 2. The lowest BCUT2D eigenvalue weighted by atomic mass is 9.89. The van der Waals surface area contributed by atoms with Crippen molar-refractivity contribution in [3.63, 3.8) is 0 Å². The van der Waals surface area contributed by atoms with Crippen LogP contribution in [0, 0.1) is 11.8 Å². The summed E-state index contributed by atoms with van der Waals surface area (Å²) in [5.74, 6) is -0.223. The van der Waals surface area contributed by atoms with Gasteiger partial charge in [-0.15, -0.1) is 0 Å². The molecule has 5 heteroatoms. The molecule has 2 saturated heterocycles. The molecule has 0 aromatic heterocycles. The van der Waals surface area contributed by atoms with E-state index < -0.39 is 11.8 Å². The second-order valence-corrected chi connectivity index (χ2v) is 9.85. The van der Waals surface area contributed by atoms with E-state index in [-0.39, 0.29) is 17.9 Å². The minimum Gasteiger partial charge on any atom is -0.369 e. The highest BCUT2D eigenvalue weighted by molar-refractivity contribution is 5.87. The molecule has 5 nitrogen and oxygen atoms in total. The van der Waals surface area contributed by atoms with E-state index in [1.807, 2.05) is 13.0 Å². The highest BCUT2D eigenvalue weighted by Gasteiger charge is 2.41. The van der Waals surface area contributed by atoms with E-state index >= 15 is 0 Å². The fourth-order valence-electron chi connectivity index (χ4n) is 5.77. The molecule has 176 valence electrons. The summed E-state index contributed by atoms with van der Waals surface area (Å²) in [5, 5.41) is 0. The van der Waals surface area contributed by atoms with Crippen molar-refractivity contribution in [2.45, 2.75) is 51.0 Å². The molecular formula is C28H37N3O2. The van der Waals surface area contributed by atoms with Gasteiger partial charge >= 0.3 is 0 Å². The van der Waals surface area contributed by atoms with Gasteiger partial charge in [0, 0.05) is 43.4 Å². The number of hydrogen-bond donors (Lipinski definition) is 1. The minimum absolute atomic E-state index is 0.0889. The Bertz CT molecular complexity index is 933. The second kappa shape index (κ2) is 10.5. The third-order valence-electron chi connectivity index (χ3n) is 7.79. The van der Waals surface area contributed by atoms with Crippen molar-refractivity contribution in [2.24, 2.45) is 17.6 Å².